The minimum absolute atomic E-state index is 0.0546. The van der Waals surface area contributed by atoms with Crippen LogP contribution in [0.1, 0.15) is 18.4 Å². The molecule has 0 bridgehead atoms. The van der Waals surface area contributed by atoms with Gasteiger partial charge in [-0.05, 0) is 13.0 Å². The average molecular weight is 221 g/mol. The predicted molar refractivity (Wildman–Crippen MR) is 59.4 cm³/mol. The van der Waals surface area contributed by atoms with Crippen LogP contribution in [0.3, 0.4) is 0 Å². The van der Waals surface area contributed by atoms with E-state index < -0.39 is 0 Å². The SMILES string of the molecule is C[C@H](CO)NC(=O)C1COc2ccccc21. The van der Waals surface area contributed by atoms with Crippen molar-refractivity contribution >= 4 is 5.91 Å². The van der Waals surface area contributed by atoms with Crippen molar-refractivity contribution in [3.05, 3.63) is 29.8 Å². The molecule has 0 saturated carbocycles. The highest BCUT2D eigenvalue weighted by Gasteiger charge is 2.30. The molecule has 2 atom stereocenters. The minimum atomic E-state index is -0.259. The van der Waals surface area contributed by atoms with Crippen LogP contribution in [-0.2, 0) is 4.79 Å². The zero-order chi connectivity index (χ0) is 11.5. The molecule has 0 aromatic heterocycles. The molecule has 1 aromatic rings. The van der Waals surface area contributed by atoms with Gasteiger partial charge in [0.25, 0.3) is 0 Å². The van der Waals surface area contributed by atoms with Gasteiger partial charge in [0.05, 0.1) is 6.61 Å². The van der Waals surface area contributed by atoms with Crippen LogP contribution in [0, 0.1) is 0 Å². The molecule has 1 aliphatic rings. The lowest BCUT2D eigenvalue weighted by Gasteiger charge is -2.14. The molecule has 4 heteroatoms. The second-order valence-corrected chi connectivity index (χ2v) is 3.99. The van der Waals surface area contributed by atoms with E-state index in [9.17, 15) is 4.79 Å². The molecule has 0 aliphatic carbocycles. The second-order valence-electron chi connectivity index (χ2n) is 3.99. The van der Waals surface area contributed by atoms with Crippen molar-refractivity contribution in [1.29, 1.82) is 0 Å². The fourth-order valence-corrected chi connectivity index (χ4v) is 1.77. The number of amides is 1. The van der Waals surface area contributed by atoms with E-state index >= 15 is 0 Å². The van der Waals surface area contributed by atoms with E-state index in [0.717, 1.165) is 11.3 Å². The predicted octanol–water partition coefficient (Wildman–Crippen LogP) is 0.660. The number of para-hydroxylation sites is 1. The average Bonchev–Trinajstić information content (AvgIpc) is 2.72. The lowest BCUT2D eigenvalue weighted by molar-refractivity contribution is -0.123. The van der Waals surface area contributed by atoms with Crippen LogP contribution < -0.4 is 10.1 Å². The molecule has 1 amide bonds. The number of rotatable bonds is 3. The third-order valence-corrected chi connectivity index (χ3v) is 2.68. The van der Waals surface area contributed by atoms with Gasteiger partial charge >= 0.3 is 0 Å². The normalized spacial score (nSPS) is 19.8. The monoisotopic (exact) mass is 221 g/mol. The Hall–Kier alpha value is -1.55. The highest BCUT2D eigenvalue weighted by Crippen LogP contribution is 2.33. The molecule has 2 N–H and O–H groups in total. The number of aliphatic hydroxyl groups excluding tert-OH is 1. The Morgan fingerprint density at radius 1 is 1.62 bits per heavy atom. The number of hydrogen-bond acceptors (Lipinski definition) is 3. The molecule has 0 radical (unpaired) electrons. The van der Waals surface area contributed by atoms with Crippen LogP contribution in [0.2, 0.25) is 0 Å². The van der Waals surface area contributed by atoms with Gasteiger partial charge in [0.1, 0.15) is 18.3 Å². The van der Waals surface area contributed by atoms with Gasteiger partial charge in [0.2, 0.25) is 5.91 Å². The van der Waals surface area contributed by atoms with Crippen molar-refractivity contribution in [1.82, 2.24) is 5.32 Å². The van der Waals surface area contributed by atoms with E-state index in [4.69, 9.17) is 9.84 Å². The van der Waals surface area contributed by atoms with E-state index in [1.807, 2.05) is 24.3 Å². The molecule has 0 spiro atoms. The summed E-state index contributed by atoms with van der Waals surface area (Å²) in [5.74, 6) is 0.427. The van der Waals surface area contributed by atoms with Gasteiger partial charge in [-0.2, -0.15) is 0 Å². The van der Waals surface area contributed by atoms with Crippen LogP contribution in [-0.4, -0.2) is 30.3 Å². The van der Waals surface area contributed by atoms with Crippen molar-refractivity contribution in [2.75, 3.05) is 13.2 Å². The van der Waals surface area contributed by atoms with Crippen molar-refractivity contribution in [3.8, 4) is 5.75 Å². The summed E-state index contributed by atoms with van der Waals surface area (Å²) in [6.45, 7) is 2.09. The summed E-state index contributed by atoms with van der Waals surface area (Å²) in [5.41, 5.74) is 0.921. The van der Waals surface area contributed by atoms with Gasteiger partial charge in [-0.15, -0.1) is 0 Å². The first-order valence-electron chi connectivity index (χ1n) is 5.35. The Kier molecular flexibility index (Phi) is 3.10. The summed E-state index contributed by atoms with van der Waals surface area (Å²) in [7, 11) is 0. The summed E-state index contributed by atoms with van der Waals surface area (Å²) in [6, 6.07) is 7.31. The standard InChI is InChI=1S/C12H15NO3/c1-8(6-14)13-12(15)10-7-16-11-5-3-2-4-9(10)11/h2-5,8,10,14H,6-7H2,1H3,(H,13,15)/t8-,10?/m1/s1. The zero-order valence-corrected chi connectivity index (χ0v) is 9.14. The van der Waals surface area contributed by atoms with Crippen LogP contribution in [0.4, 0.5) is 0 Å². The number of fused-ring (bicyclic) bond motifs is 1. The number of carbonyl (C=O) groups is 1. The first-order chi connectivity index (χ1) is 7.72. The molecule has 1 aromatic carbocycles. The summed E-state index contributed by atoms with van der Waals surface area (Å²) in [6.07, 6.45) is 0. The van der Waals surface area contributed by atoms with Gasteiger partial charge < -0.3 is 15.2 Å². The number of aliphatic hydroxyl groups is 1. The summed E-state index contributed by atoms with van der Waals surface area (Å²) in [5, 5.41) is 11.6. The molecular formula is C12H15NO3. The van der Waals surface area contributed by atoms with Crippen molar-refractivity contribution < 1.29 is 14.6 Å². The van der Waals surface area contributed by atoms with E-state index in [1.165, 1.54) is 0 Å². The van der Waals surface area contributed by atoms with E-state index in [1.54, 1.807) is 6.92 Å². The lowest BCUT2D eigenvalue weighted by Crippen LogP contribution is -2.38. The number of carbonyl (C=O) groups excluding carboxylic acids is 1. The zero-order valence-electron chi connectivity index (χ0n) is 9.14. The Morgan fingerprint density at radius 3 is 3.12 bits per heavy atom. The van der Waals surface area contributed by atoms with Gasteiger partial charge in [-0.25, -0.2) is 0 Å². The summed E-state index contributed by atoms with van der Waals surface area (Å²) in [4.78, 5) is 11.9. The van der Waals surface area contributed by atoms with E-state index in [2.05, 4.69) is 5.32 Å². The number of benzene rings is 1. The Morgan fingerprint density at radius 2 is 2.38 bits per heavy atom. The van der Waals surface area contributed by atoms with Gasteiger partial charge in [-0.3, -0.25) is 4.79 Å². The highest BCUT2D eigenvalue weighted by molar-refractivity contribution is 5.85. The first-order valence-corrected chi connectivity index (χ1v) is 5.35. The summed E-state index contributed by atoms with van der Waals surface area (Å²) >= 11 is 0. The molecule has 0 fully saturated rings. The second kappa shape index (κ2) is 4.53. The van der Waals surface area contributed by atoms with Crippen LogP contribution in [0.15, 0.2) is 24.3 Å². The third-order valence-electron chi connectivity index (χ3n) is 2.68. The topological polar surface area (TPSA) is 58.6 Å². The maximum absolute atomic E-state index is 11.9. The van der Waals surface area contributed by atoms with Gasteiger partial charge in [0, 0.05) is 11.6 Å². The van der Waals surface area contributed by atoms with E-state index in [0.29, 0.717) is 6.61 Å². The third kappa shape index (κ3) is 2.02. The largest absolute Gasteiger partial charge is 0.492 e. The van der Waals surface area contributed by atoms with Gasteiger partial charge in [0.15, 0.2) is 0 Å². The maximum atomic E-state index is 11.9. The fraction of sp³-hybridized carbons (Fsp3) is 0.417. The smallest absolute Gasteiger partial charge is 0.231 e. The Labute approximate surface area is 94.2 Å². The van der Waals surface area contributed by atoms with Crippen LogP contribution >= 0.6 is 0 Å². The van der Waals surface area contributed by atoms with Crippen molar-refractivity contribution in [2.45, 2.75) is 18.9 Å². The van der Waals surface area contributed by atoms with Crippen molar-refractivity contribution in [3.63, 3.8) is 0 Å². The highest BCUT2D eigenvalue weighted by atomic mass is 16.5. The molecular weight excluding hydrogens is 206 g/mol. The minimum Gasteiger partial charge on any atom is -0.492 e. The number of nitrogens with one attached hydrogen (secondary N) is 1. The number of hydrogen-bond donors (Lipinski definition) is 2. The molecule has 2 rings (SSSR count). The molecule has 0 saturated heterocycles. The molecule has 1 heterocycles. The Balaban J connectivity index is 2.10. The van der Waals surface area contributed by atoms with Gasteiger partial charge in [-0.1, -0.05) is 18.2 Å². The fourth-order valence-electron chi connectivity index (χ4n) is 1.77. The first kappa shape index (κ1) is 11.0. The quantitative estimate of drug-likeness (QED) is 0.788. The van der Waals surface area contributed by atoms with Crippen molar-refractivity contribution in [2.24, 2.45) is 0 Å². The Bertz CT molecular complexity index is 392. The molecule has 1 aliphatic heterocycles. The van der Waals surface area contributed by atoms with E-state index in [-0.39, 0.29) is 24.5 Å². The van der Waals surface area contributed by atoms with Crippen LogP contribution in [0.5, 0.6) is 5.75 Å². The molecule has 16 heavy (non-hydrogen) atoms. The molecule has 86 valence electrons. The number of ether oxygens (including phenoxy) is 1. The van der Waals surface area contributed by atoms with Crippen LogP contribution in [0.25, 0.3) is 0 Å². The molecule has 1 unspecified atom stereocenters. The summed E-state index contributed by atoms with van der Waals surface area (Å²) < 4.78 is 5.42. The molecule has 4 nitrogen and oxygen atoms in total. The lowest BCUT2D eigenvalue weighted by atomic mass is 10.0. The maximum Gasteiger partial charge on any atom is 0.231 e.